The Labute approximate surface area is 401 Å². The number of aromatic nitrogens is 3. The first-order valence-electron chi connectivity index (χ1n) is 23.9. The maximum absolute atomic E-state index is 14.6. The molecular weight excluding hydrogens is 883 g/mol. The van der Waals surface area contributed by atoms with Crippen LogP contribution in [0.15, 0.2) is 78.3 Å². The fraction of sp³-hybridized carbons (Fsp3) is 0.480. The number of nitrogens with one attached hydrogen (secondary N) is 6. The Balaban J connectivity index is 1.49. The van der Waals surface area contributed by atoms with Gasteiger partial charge < -0.3 is 48.4 Å². The summed E-state index contributed by atoms with van der Waals surface area (Å²) >= 11 is 0. The van der Waals surface area contributed by atoms with Gasteiger partial charge in [0.15, 0.2) is 11.7 Å². The van der Waals surface area contributed by atoms with Gasteiger partial charge in [-0.1, -0.05) is 68.3 Å². The lowest BCUT2D eigenvalue weighted by Crippen LogP contribution is -2.57. The number of guanidine groups is 1. The van der Waals surface area contributed by atoms with Crippen LogP contribution in [0.3, 0.4) is 0 Å². The number of carbonyl (C=O) groups is 8. The van der Waals surface area contributed by atoms with E-state index in [1.165, 1.54) is 12.5 Å². The minimum Gasteiger partial charge on any atom is -0.370 e. The Kier molecular flexibility index (Phi) is 20.6. The third kappa shape index (κ3) is 17.1. The number of rotatable bonds is 19. The summed E-state index contributed by atoms with van der Waals surface area (Å²) in [5.41, 5.74) is 19.9. The van der Waals surface area contributed by atoms with Crippen molar-refractivity contribution in [3.05, 3.63) is 90.1 Å². The smallest absolute Gasteiger partial charge is 0.243 e. The Morgan fingerprint density at radius 1 is 0.841 bits per heavy atom. The number of nitrogens with zero attached hydrogens (tertiary/aromatic N) is 2. The van der Waals surface area contributed by atoms with Gasteiger partial charge in [0.05, 0.1) is 12.4 Å². The molecule has 0 unspecified atom stereocenters. The second kappa shape index (κ2) is 27.0. The number of ketones is 3. The highest BCUT2D eigenvalue weighted by molar-refractivity contribution is 5.98. The quantitative estimate of drug-likeness (QED) is 0.0374. The lowest BCUT2D eigenvalue weighted by atomic mass is 9.81. The summed E-state index contributed by atoms with van der Waals surface area (Å²) in [6.07, 6.45) is 6.37. The molecule has 0 spiro atoms. The molecule has 4 aromatic rings. The second-order valence-electron chi connectivity index (χ2n) is 17.9. The maximum Gasteiger partial charge on any atom is 0.243 e. The van der Waals surface area contributed by atoms with Gasteiger partial charge in [0.1, 0.15) is 23.7 Å². The fourth-order valence-electron chi connectivity index (χ4n) is 8.63. The molecule has 6 atom stereocenters. The number of nitrogens with two attached hydrogens (primary N) is 3. The molecule has 2 aromatic heterocycles. The number of fused-ring (bicyclic) bond motifs is 1. The van der Waals surface area contributed by atoms with Crippen molar-refractivity contribution in [3.8, 4) is 0 Å². The molecule has 12 N–H and O–H groups in total. The van der Waals surface area contributed by atoms with Crippen LogP contribution in [0, 0.1) is 17.8 Å². The van der Waals surface area contributed by atoms with Crippen molar-refractivity contribution in [3.63, 3.8) is 0 Å². The number of aromatic amines is 2. The van der Waals surface area contributed by atoms with Crippen molar-refractivity contribution in [1.29, 1.82) is 0 Å². The van der Waals surface area contributed by atoms with E-state index in [-0.39, 0.29) is 89.7 Å². The highest BCUT2D eigenvalue weighted by Gasteiger charge is 2.35. The molecule has 0 radical (unpaired) electrons. The van der Waals surface area contributed by atoms with Crippen molar-refractivity contribution in [1.82, 2.24) is 36.2 Å². The van der Waals surface area contributed by atoms with Crippen LogP contribution in [-0.2, 0) is 57.6 Å². The van der Waals surface area contributed by atoms with E-state index in [2.05, 4.69) is 41.2 Å². The van der Waals surface area contributed by atoms with E-state index >= 15 is 0 Å². The lowest BCUT2D eigenvalue weighted by molar-refractivity contribution is -0.135. The van der Waals surface area contributed by atoms with E-state index < -0.39 is 82.8 Å². The SMILES string of the molecule is CCCCCC(=O)N[C@H]1CCC(=O)NCC[C@@H](C(=O)C[C@@H](Cc2c[nH]c3ccccc23)C(N)=O)CC(=O)[C@H](CCCN=C(N)N)CC(=O)[C@@H](Cc2ccccc2)NC(=O)[C@H](Cc2cnc[nH]2)NC1=O. The standard InChI is InChI=1S/C50H67N11O8/c1-2-3-5-16-46(66)59-39-17-18-45(65)55-21-19-33(43(63)26-34(47(51)67)23-35-28-57-38-15-9-8-14-37(35)38)24-42(62)32(13-10-20-56-50(52)53)25-44(64)40(22-31-11-6-4-7-12-31)60-49(69)41(61-48(39)68)27-36-29-54-30-58-36/h4,6-9,11-12,14-15,28-30,32-34,39-41,57H,2-3,5,10,13,16-27H2,1H3,(H2,51,67)(H,54,58)(H,55,65)(H,59,66)(H,60,69)(H,61,68)(H4,52,53,56)/t32-,33-,34-,39+,40-,41+/m1/s1. The number of para-hydroxylation sites is 1. The van der Waals surface area contributed by atoms with E-state index in [9.17, 15) is 38.4 Å². The zero-order valence-electron chi connectivity index (χ0n) is 39.3. The largest absolute Gasteiger partial charge is 0.370 e. The van der Waals surface area contributed by atoms with Crippen LogP contribution in [0.25, 0.3) is 10.9 Å². The average molecular weight is 950 g/mol. The van der Waals surface area contributed by atoms with Gasteiger partial charge in [0.25, 0.3) is 0 Å². The maximum atomic E-state index is 14.6. The summed E-state index contributed by atoms with van der Waals surface area (Å²) in [6.45, 7) is 2.10. The highest BCUT2D eigenvalue weighted by Crippen LogP contribution is 2.27. The van der Waals surface area contributed by atoms with Gasteiger partial charge in [-0.25, -0.2) is 4.98 Å². The fourth-order valence-corrected chi connectivity index (χ4v) is 8.63. The molecule has 1 aliphatic heterocycles. The van der Waals surface area contributed by atoms with E-state index in [1.54, 1.807) is 30.5 Å². The monoisotopic (exact) mass is 950 g/mol. The van der Waals surface area contributed by atoms with Gasteiger partial charge in [-0.2, -0.15) is 0 Å². The van der Waals surface area contributed by atoms with Gasteiger partial charge >= 0.3 is 0 Å². The Bertz CT molecular complexity index is 2400. The molecule has 1 aliphatic rings. The summed E-state index contributed by atoms with van der Waals surface area (Å²) in [4.78, 5) is 126. The number of Topliss-reactive ketones (excluding diaryl/α,β-unsaturated/α-hetero) is 3. The van der Waals surface area contributed by atoms with Crippen molar-refractivity contribution in [2.75, 3.05) is 13.1 Å². The van der Waals surface area contributed by atoms with Crippen molar-refractivity contribution in [2.45, 2.75) is 121 Å². The normalized spacial score (nSPS) is 20.6. The molecular formula is C50H67N11O8. The molecule has 2 aromatic carbocycles. The number of hydrogen-bond donors (Lipinski definition) is 9. The number of benzene rings is 2. The summed E-state index contributed by atoms with van der Waals surface area (Å²) in [5, 5.41) is 12.0. The van der Waals surface area contributed by atoms with Crippen LogP contribution in [0.1, 0.15) is 101 Å². The Morgan fingerprint density at radius 2 is 1.59 bits per heavy atom. The first kappa shape index (κ1) is 52.8. The molecule has 69 heavy (non-hydrogen) atoms. The number of primary amides is 1. The molecule has 1 fully saturated rings. The molecule has 0 bridgehead atoms. The number of imidazole rings is 1. The molecule has 19 nitrogen and oxygen atoms in total. The van der Waals surface area contributed by atoms with Gasteiger partial charge in [0.2, 0.25) is 29.5 Å². The molecule has 0 saturated carbocycles. The number of amides is 5. The Hall–Kier alpha value is -7.18. The van der Waals surface area contributed by atoms with Crippen molar-refractivity contribution < 1.29 is 38.4 Å². The second-order valence-corrected chi connectivity index (χ2v) is 17.9. The van der Waals surface area contributed by atoms with Crippen LogP contribution in [0.2, 0.25) is 0 Å². The first-order chi connectivity index (χ1) is 33.2. The first-order valence-corrected chi connectivity index (χ1v) is 23.9. The number of unbranched alkanes of at least 4 members (excludes halogenated alkanes) is 2. The minimum absolute atomic E-state index is 0.00357. The van der Waals surface area contributed by atoms with Crippen LogP contribution < -0.4 is 38.5 Å². The third-order valence-electron chi connectivity index (χ3n) is 12.5. The zero-order valence-corrected chi connectivity index (χ0v) is 39.3. The predicted molar refractivity (Wildman–Crippen MR) is 260 cm³/mol. The zero-order chi connectivity index (χ0) is 49.7. The molecule has 5 rings (SSSR count). The highest BCUT2D eigenvalue weighted by atomic mass is 16.2. The van der Waals surface area contributed by atoms with Gasteiger partial charge in [-0.05, 0) is 62.1 Å². The van der Waals surface area contributed by atoms with Gasteiger partial charge in [-0.3, -0.25) is 43.3 Å². The minimum atomic E-state index is -1.27. The van der Waals surface area contributed by atoms with Crippen LogP contribution >= 0.6 is 0 Å². The number of carbonyl (C=O) groups excluding carboxylic acids is 8. The molecule has 370 valence electrons. The average Bonchev–Trinajstić information content (AvgIpc) is 4.00. The summed E-state index contributed by atoms with van der Waals surface area (Å²) < 4.78 is 0. The van der Waals surface area contributed by atoms with Crippen LogP contribution in [0.4, 0.5) is 0 Å². The predicted octanol–water partition coefficient (Wildman–Crippen LogP) is 2.52. The van der Waals surface area contributed by atoms with Gasteiger partial charge in [0, 0.05) is 98.4 Å². The van der Waals surface area contributed by atoms with E-state index in [0.717, 1.165) is 29.3 Å². The topological polar surface area (TPSA) is 320 Å². The van der Waals surface area contributed by atoms with Crippen molar-refractivity contribution in [2.24, 2.45) is 39.9 Å². The third-order valence-corrected chi connectivity index (χ3v) is 12.5. The molecule has 1 saturated heterocycles. The summed E-state index contributed by atoms with van der Waals surface area (Å²) in [6, 6.07) is 12.8. The molecule has 0 aliphatic carbocycles. The molecule has 19 heteroatoms. The van der Waals surface area contributed by atoms with Gasteiger partial charge in [-0.15, -0.1) is 0 Å². The van der Waals surface area contributed by atoms with E-state index in [1.807, 2.05) is 37.3 Å². The molecule has 5 amide bonds. The van der Waals surface area contributed by atoms with Crippen molar-refractivity contribution >= 4 is 63.7 Å². The number of hydrogen-bond acceptors (Lipinski definition) is 10. The van der Waals surface area contributed by atoms with Crippen LogP contribution in [-0.4, -0.2) is 99.0 Å². The lowest BCUT2D eigenvalue weighted by Gasteiger charge is -2.26. The Morgan fingerprint density at radius 3 is 2.32 bits per heavy atom. The number of aliphatic imine (C=N–C) groups is 1. The van der Waals surface area contributed by atoms with Crippen LogP contribution in [0.5, 0.6) is 0 Å². The molecule has 3 heterocycles. The van der Waals surface area contributed by atoms with E-state index in [4.69, 9.17) is 17.2 Å². The summed E-state index contributed by atoms with van der Waals surface area (Å²) in [5.74, 6) is -7.33. The van der Waals surface area contributed by atoms with E-state index in [0.29, 0.717) is 24.1 Å². The summed E-state index contributed by atoms with van der Waals surface area (Å²) in [7, 11) is 0. The number of H-pyrrole nitrogens is 2.